The largest absolute Gasteiger partial charge is 0.481 e. The predicted octanol–water partition coefficient (Wildman–Crippen LogP) is 1.18. The van der Waals surface area contributed by atoms with E-state index < -0.39 is 11.4 Å². The molecule has 1 fully saturated rings. The number of piperidine rings is 1. The van der Waals surface area contributed by atoms with Gasteiger partial charge in [0.2, 0.25) is 0 Å². The van der Waals surface area contributed by atoms with Crippen LogP contribution in [0.1, 0.15) is 25.1 Å². The van der Waals surface area contributed by atoms with Crippen LogP contribution in [-0.2, 0) is 16.1 Å². The zero-order valence-electron chi connectivity index (χ0n) is 11.8. The Morgan fingerprint density at radius 1 is 1.50 bits per heavy atom. The van der Waals surface area contributed by atoms with Crippen LogP contribution in [0.5, 0.6) is 0 Å². The molecule has 1 unspecified atom stereocenters. The number of carbonyl (C=O) groups is 1. The molecule has 2 rings (SSSR count). The lowest BCUT2D eigenvalue weighted by atomic mass is 9.77. The maximum Gasteiger partial charge on any atom is 0.311 e. The van der Waals surface area contributed by atoms with Crippen LogP contribution in [0.15, 0.2) is 18.5 Å². The van der Waals surface area contributed by atoms with E-state index in [1.807, 2.05) is 0 Å². The summed E-state index contributed by atoms with van der Waals surface area (Å²) in [7, 11) is 1.61. The molecule has 6 heteroatoms. The Hall–Kier alpha value is -1.53. The van der Waals surface area contributed by atoms with Gasteiger partial charge in [0, 0.05) is 32.7 Å². The Morgan fingerprint density at radius 3 is 2.90 bits per heavy atom. The van der Waals surface area contributed by atoms with E-state index in [0.29, 0.717) is 32.5 Å². The maximum absolute atomic E-state index is 11.7. The van der Waals surface area contributed by atoms with E-state index in [0.717, 1.165) is 18.8 Å². The van der Waals surface area contributed by atoms with Crippen LogP contribution in [0.25, 0.3) is 0 Å². The van der Waals surface area contributed by atoms with Crippen molar-refractivity contribution in [2.75, 3.05) is 26.8 Å². The van der Waals surface area contributed by atoms with Gasteiger partial charge in [-0.05, 0) is 31.9 Å². The number of rotatable bonds is 6. The molecule has 0 saturated carbocycles. The smallest absolute Gasteiger partial charge is 0.311 e. The summed E-state index contributed by atoms with van der Waals surface area (Å²) in [5.41, 5.74) is -0.705. The minimum atomic E-state index is -0.728. The van der Waals surface area contributed by atoms with Gasteiger partial charge in [-0.25, -0.2) is 9.97 Å². The van der Waals surface area contributed by atoms with Gasteiger partial charge in [-0.15, -0.1) is 0 Å². The summed E-state index contributed by atoms with van der Waals surface area (Å²) in [6.45, 7) is 2.50. The van der Waals surface area contributed by atoms with Crippen molar-refractivity contribution in [3.63, 3.8) is 0 Å². The quantitative estimate of drug-likeness (QED) is 0.842. The zero-order chi connectivity index (χ0) is 14.4. The van der Waals surface area contributed by atoms with Crippen LogP contribution in [0.2, 0.25) is 0 Å². The molecule has 1 saturated heterocycles. The van der Waals surface area contributed by atoms with E-state index in [1.165, 1.54) is 0 Å². The fourth-order valence-corrected chi connectivity index (χ4v) is 2.76. The number of methoxy groups -OCH3 is 1. The molecule has 2 heterocycles. The Labute approximate surface area is 118 Å². The molecule has 1 aromatic heterocycles. The lowest BCUT2D eigenvalue weighted by Gasteiger charge is -2.39. The van der Waals surface area contributed by atoms with Gasteiger partial charge in [-0.1, -0.05) is 0 Å². The summed E-state index contributed by atoms with van der Waals surface area (Å²) in [6, 6.07) is 1.78. The lowest BCUT2D eigenvalue weighted by Crippen LogP contribution is -2.48. The first-order valence-electron chi connectivity index (χ1n) is 6.87. The summed E-state index contributed by atoms with van der Waals surface area (Å²) in [5.74, 6) is 0.00802. The standard InChI is InChI=1S/C14H21N3O3/c1-20-9-5-14(13(18)19)4-2-8-17(11-14)10-12-15-6-3-7-16-12/h3,6-7H,2,4-5,8-11H2,1H3,(H,18,19). The molecule has 0 amide bonds. The van der Waals surface area contributed by atoms with Crippen molar-refractivity contribution in [1.82, 2.24) is 14.9 Å². The topological polar surface area (TPSA) is 75.6 Å². The Balaban J connectivity index is 2.04. The van der Waals surface area contributed by atoms with Gasteiger partial charge in [0.15, 0.2) is 0 Å². The van der Waals surface area contributed by atoms with Gasteiger partial charge in [0.25, 0.3) is 0 Å². The highest BCUT2D eigenvalue weighted by Gasteiger charge is 2.42. The number of aromatic nitrogens is 2. The summed E-state index contributed by atoms with van der Waals surface area (Å²) in [5, 5.41) is 9.59. The van der Waals surface area contributed by atoms with E-state index in [4.69, 9.17) is 4.74 Å². The number of hydrogen-bond donors (Lipinski definition) is 1. The van der Waals surface area contributed by atoms with Crippen LogP contribution in [-0.4, -0.2) is 52.7 Å². The summed E-state index contributed by atoms with van der Waals surface area (Å²) in [4.78, 5) is 22.2. The van der Waals surface area contributed by atoms with Crippen molar-refractivity contribution in [3.05, 3.63) is 24.3 Å². The molecule has 110 valence electrons. The third-order valence-electron chi connectivity index (χ3n) is 3.88. The molecule has 1 N–H and O–H groups in total. The first-order chi connectivity index (χ1) is 9.66. The number of aliphatic carboxylic acids is 1. The molecule has 1 atom stereocenters. The van der Waals surface area contributed by atoms with Crippen molar-refractivity contribution in [2.24, 2.45) is 5.41 Å². The van der Waals surface area contributed by atoms with Gasteiger partial charge in [-0.3, -0.25) is 9.69 Å². The SMILES string of the molecule is COCCC1(C(=O)O)CCCN(Cc2ncccn2)C1. The summed E-state index contributed by atoms with van der Waals surface area (Å²) >= 11 is 0. The van der Waals surface area contributed by atoms with Gasteiger partial charge >= 0.3 is 5.97 Å². The molecule has 0 spiro atoms. The minimum Gasteiger partial charge on any atom is -0.481 e. The van der Waals surface area contributed by atoms with Crippen LogP contribution in [0, 0.1) is 5.41 Å². The first kappa shape index (κ1) is 14.9. The van der Waals surface area contributed by atoms with E-state index >= 15 is 0 Å². The minimum absolute atomic E-state index is 0.474. The van der Waals surface area contributed by atoms with Crippen LogP contribution in [0.4, 0.5) is 0 Å². The molecular weight excluding hydrogens is 258 g/mol. The van der Waals surface area contributed by atoms with Crippen molar-refractivity contribution >= 4 is 5.97 Å². The molecule has 1 aromatic rings. The number of carboxylic acids is 1. The Morgan fingerprint density at radius 2 is 2.25 bits per heavy atom. The van der Waals surface area contributed by atoms with Gasteiger partial charge in [-0.2, -0.15) is 0 Å². The van der Waals surface area contributed by atoms with Crippen molar-refractivity contribution in [3.8, 4) is 0 Å². The number of carboxylic acid groups (broad SMARTS) is 1. The number of nitrogens with zero attached hydrogens (tertiary/aromatic N) is 3. The third-order valence-corrected chi connectivity index (χ3v) is 3.88. The number of hydrogen-bond acceptors (Lipinski definition) is 5. The zero-order valence-corrected chi connectivity index (χ0v) is 11.8. The summed E-state index contributed by atoms with van der Waals surface area (Å²) in [6.07, 6.45) is 5.55. The fourth-order valence-electron chi connectivity index (χ4n) is 2.76. The van der Waals surface area contributed by atoms with Gasteiger partial charge in [0.1, 0.15) is 5.82 Å². The molecule has 1 aliphatic heterocycles. The molecule has 0 bridgehead atoms. The van der Waals surface area contributed by atoms with Crippen molar-refractivity contribution in [1.29, 1.82) is 0 Å². The fraction of sp³-hybridized carbons (Fsp3) is 0.643. The molecule has 0 radical (unpaired) electrons. The highest BCUT2D eigenvalue weighted by Crippen LogP contribution is 2.34. The van der Waals surface area contributed by atoms with Gasteiger partial charge < -0.3 is 9.84 Å². The Kier molecular flexibility index (Phi) is 5.03. The normalized spacial score (nSPS) is 23.6. The molecule has 0 aliphatic carbocycles. The van der Waals surface area contributed by atoms with E-state index in [9.17, 15) is 9.90 Å². The van der Waals surface area contributed by atoms with Crippen LogP contribution < -0.4 is 0 Å². The molecule has 1 aliphatic rings. The second kappa shape index (κ2) is 6.76. The lowest BCUT2D eigenvalue weighted by molar-refractivity contribution is -0.154. The number of ether oxygens (including phenoxy) is 1. The average molecular weight is 279 g/mol. The third kappa shape index (κ3) is 3.52. The highest BCUT2D eigenvalue weighted by atomic mass is 16.5. The maximum atomic E-state index is 11.7. The highest BCUT2D eigenvalue weighted by molar-refractivity contribution is 5.75. The molecule has 6 nitrogen and oxygen atoms in total. The van der Waals surface area contributed by atoms with Crippen LogP contribution in [0.3, 0.4) is 0 Å². The second-order valence-electron chi connectivity index (χ2n) is 5.31. The number of likely N-dealkylation sites (tertiary alicyclic amines) is 1. The molecular formula is C14H21N3O3. The van der Waals surface area contributed by atoms with Crippen LogP contribution >= 0.6 is 0 Å². The molecule has 0 aromatic carbocycles. The summed E-state index contributed by atoms with van der Waals surface area (Å²) < 4.78 is 5.07. The monoisotopic (exact) mass is 279 g/mol. The van der Waals surface area contributed by atoms with Crippen molar-refractivity contribution in [2.45, 2.75) is 25.8 Å². The van der Waals surface area contributed by atoms with Gasteiger partial charge in [0.05, 0.1) is 12.0 Å². The Bertz CT molecular complexity index is 441. The second-order valence-corrected chi connectivity index (χ2v) is 5.31. The van der Waals surface area contributed by atoms with Crippen molar-refractivity contribution < 1.29 is 14.6 Å². The van der Waals surface area contributed by atoms with E-state index in [1.54, 1.807) is 25.6 Å². The van der Waals surface area contributed by atoms with E-state index in [-0.39, 0.29) is 0 Å². The predicted molar refractivity (Wildman–Crippen MR) is 73.1 cm³/mol. The average Bonchev–Trinajstić information content (AvgIpc) is 2.46. The van der Waals surface area contributed by atoms with E-state index in [2.05, 4.69) is 14.9 Å². The molecule has 20 heavy (non-hydrogen) atoms. The first-order valence-corrected chi connectivity index (χ1v) is 6.87.